The van der Waals surface area contributed by atoms with Crippen molar-refractivity contribution < 1.29 is 9.53 Å². The number of rotatable bonds is 10. The Bertz CT molecular complexity index is 213. The first-order valence-corrected chi connectivity index (χ1v) is 7.67. The van der Waals surface area contributed by atoms with Gasteiger partial charge >= 0.3 is 0 Å². The molecular formula is C15H29NO2. The van der Waals surface area contributed by atoms with Crippen molar-refractivity contribution in [2.75, 3.05) is 19.7 Å². The summed E-state index contributed by atoms with van der Waals surface area (Å²) in [5.74, 6) is 0.375. The fourth-order valence-corrected chi connectivity index (χ4v) is 2.35. The van der Waals surface area contributed by atoms with E-state index in [1.165, 1.54) is 25.7 Å². The lowest BCUT2D eigenvalue weighted by Gasteiger charge is -2.22. The highest BCUT2D eigenvalue weighted by Gasteiger charge is 2.13. The molecule has 0 spiro atoms. The van der Waals surface area contributed by atoms with Crippen LogP contribution in [0, 0.1) is 0 Å². The molecule has 1 rings (SSSR count). The molecule has 1 fully saturated rings. The summed E-state index contributed by atoms with van der Waals surface area (Å²) in [6.45, 7) is 4.94. The lowest BCUT2D eigenvalue weighted by molar-refractivity contribution is -0.120. The van der Waals surface area contributed by atoms with E-state index in [0.717, 1.165) is 38.8 Å². The van der Waals surface area contributed by atoms with Crippen molar-refractivity contribution >= 4 is 5.78 Å². The molecule has 3 nitrogen and oxygen atoms in total. The Kier molecular flexibility index (Phi) is 9.13. The van der Waals surface area contributed by atoms with Gasteiger partial charge in [0.05, 0.1) is 12.7 Å². The summed E-state index contributed by atoms with van der Waals surface area (Å²) in [7, 11) is 0. The van der Waals surface area contributed by atoms with Crippen molar-refractivity contribution in [3.05, 3.63) is 0 Å². The zero-order valence-electron chi connectivity index (χ0n) is 11.9. The molecule has 3 heteroatoms. The van der Waals surface area contributed by atoms with E-state index in [0.29, 0.717) is 24.9 Å². The van der Waals surface area contributed by atoms with Crippen molar-refractivity contribution in [1.29, 1.82) is 0 Å². The first-order valence-electron chi connectivity index (χ1n) is 7.67. The summed E-state index contributed by atoms with van der Waals surface area (Å²) in [6.07, 6.45) is 10.0. The van der Waals surface area contributed by atoms with Crippen LogP contribution in [0.15, 0.2) is 0 Å². The molecule has 0 aromatic carbocycles. The van der Waals surface area contributed by atoms with Gasteiger partial charge < -0.3 is 10.1 Å². The Morgan fingerprint density at radius 2 is 1.83 bits per heavy atom. The number of hydrogen-bond donors (Lipinski definition) is 1. The summed E-state index contributed by atoms with van der Waals surface area (Å²) in [6, 6.07) is 0. The number of ether oxygens (including phenoxy) is 1. The van der Waals surface area contributed by atoms with Gasteiger partial charge in [0.25, 0.3) is 0 Å². The molecule has 0 saturated carbocycles. The quantitative estimate of drug-likeness (QED) is 0.610. The number of nitrogens with one attached hydrogen (secondary N) is 1. The maximum Gasteiger partial charge on any atom is 0.135 e. The molecule has 0 unspecified atom stereocenters. The number of carbonyl (C=O) groups is 1. The van der Waals surface area contributed by atoms with Gasteiger partial charge in [-0.25, -0.2) is 0 Å². The highest BCUT2D eigenvalue weighted by atomic mass is 16.5. The van der Waals surface area contributed by atoms with Crippen LogP contribution in [0.25, 0.3) is 0 Å². The largest absolute Gasteiger partial charge is 0.378 e. The molecule has 106 valence electrons. The molecule has 0 aliphatic carbocycles. The predicted octanol–water partition coefficient (Wildman–Crippen LogP) is 3.07. The summed E-state index contributed by atoms with van der Waals surface area (Å²) in [5, 5.41) is 3.31. The zero-order valence-corrected chi connectivity index (χ0v) is 11.9. The maximum absolute atomic E-state index is 11.6. The van der Waals surface area contributed by atoms with E-state index in [-0.39, 0.29) is 0 Å². The van der Waals surface area contributed by atoms with E-state index in [1.807, 2.05) is 0 Å². The minimum absolute atomic E-state index is 0.375. The Morgan fingerprint density at radius 1 is 1.11 bits per heavy atom. The second kappa shape index (κ2) is 10.5. The van der Waals surface area contributed by atoms with Crippen molar-refractivity contribution in [3.63, 3.8) is 0 Å². The van der Waals surface area contributed by atoms with Gasteiger partial charge in [0.15, 0.2) is 0 Å². The highest BCUT2D eigenvalue weighted by Crippen LogP contribution is 2.09. The molecule has 1 N–H and O–H groups in total. The maximum atomic E-state index is 11.6. The molecule has 0 amide bonds. The molecule has 0 aromatic heterocycles. The summed E-state index contributed by atoms with van der Waals surface area (Å²) >= 11 is 0. The SMILES string of the molecule is CCCCCCCC(=O)CCOC1CCNCC1. The number of Topliss-reactive ketones (excluding diaryl/α,β-unsaturated/α-hetero) is 1. The number of unbranched alkanes of at least 4 members (excludes halogenated alkanes) is 4. The standard InChI is InChI=1S/C15H29NO2/c1-2-3-4-5-6-7-14(17)10-13-18-15-8-11-16-12-9-15/h15-16H,2-13H2,1H3. The zero-order chi connectivity index (χ0) is 13.1. The summed E-state index contributed by atoms with van der Waals surface area (Å²) in [4.78, 5) is 11.6. The van der Waals surface area contributed by atoms with Gasteiger partial charge in [-0.3, -0.25) is 4.79 Å². The van der Waals surface area contributed by atoms with Crippen LogP contribution in [0.4, 0.5) is 0 Å². The van der Waals surface area contributed by atoms with Crippen LogP contribution in [-0.2, 0) is 9.53 Å². The predicted molar refractivity (Wildman–Crippen MR) is 74.8 cm³/mol. The van der Waals surface area contributed by atoms with Gasteiger partial charge in [-0.2, -0.15) is 0 Å². The van der Waals surface area contributed by atoms with Crippen molar-refractivity contribution in [3.8, 4) is 0 Å². The third-order valence-electron chi connectivity index (χ3n) is 3.58. The normalized spacial score (nSPS) is 16.9. The number of hydrogen-bond acceptors (Lipinski definition) is 3. The Morgan fingerprint density at radius 3 is 2.56 bits per heavy atom. The van der Waals surface area contributed by atoms with Crippen molar-refractivity contribution in [2.24, 2.45) is 0 Å². The summed E-state index contributed by atoms with van der Waals surface area (Å²) < 4.78 is 5.74. The summed E-state index contributed by atoms with van der Waals surface area (Å²) in [5.41, 5.74) is 0. The van der Waals surface area contributed by atoms with E-state index >= 15 is 0 Å². The van der Waals surface area contributed by atoms with Crippen molar-refractivity contribution in [2.45, 2.75) is 70.8 Å². The van der Waals surface area contributed by atoms with Crippen LogP contribution in [0.5, 0.6) is 0 Å². The molecule has 1 aliphatic rings. The minimum Gasteiger partial charge on any atom is -0.378 e. The molecule has 0 bridgehead atoms. The average molecular weight is 255 g/mol. The first kappa shape index (κ1) is 15.6. The molecule has 1 aliphatic heterocycles. The van der Waals surface area contributed by atoms with Crippen LogP contribution in [0.3, 0.4) is 0 Å². The molecule has 0 radical (unpaired) electrons. The van der Waals surface area contributed by atoms with Crippen LogP contribution in [0.2, 0.25) is 0 Å². The van der Waals surface area contributed by atoms with Gasteiger partial charge in [-0.05, 0) is 32.4 Å². The van der Waals surface area contributed by atoms with Gasteiger partial charge in [0.1, 0.15) is 5.78 Å². The smallest absolute Gasteiger partial charge is 0.135 e. The third-order valence-corrected chi connectivity index (χ3v) is 3.58. The second-order valence-corrected chi connectivity index (χ2v) is 5.27. The van der Waals surface area contributed by atoms with E-state index in [4.69, 9.17) is 4.74 Å². The minimum atomic E-state index is 0.375. The Hall–Kier alpha value is -0.410. The van der Waals surface area contributed by atoms with E-state index in [2.05, 4.69) is 12.2 Å². The number of piperidine rings is 1. The van der Waals surface area contributed by atoms with Crippen LogP contribution in [-0.4, -0.2) is 31.6 Å². The van der Waals surface area contributed by atoms with Crippen LogP contribution >= 0.6 is 0 Å². The van der Waals surface area contributed by atoms with Crippen molar-refractivity contribution in [1.82, 2.24) is 5.32 Å². The third kappa shape index (κ3) is 7.83. The fraction of sp³-hybridized carbons (Fsp3) is 0.933. The van der Waals surface area contributed by atoms with E-state index in [9.17, 15) is 4.79 Å². The monoisotopic (exact) mass is 255 g/mol. The molecule has 0 atom stereocenters. The number of ketones is 1. The highest BCUT2D eigenvalue weighted by molar-refractivity contribution is 5.78. The lowest BCUT2D eigenvalue weighted by Crippen LogP contribution is -2.32. The van der Waals surface area contributed by atoms with Crippen LogP contribution in [0.1, 0.15) is 64.7 Å². The first-order chi connectivity index (χ1) is 8.83. The molecule has 1 heterocycles. The molecular weight excluding hydrogens is 226 g/mol. The van der Waals surface area contributed by atoms with E-state index in [1.54, 1.807) is 0 Å². The van der Waals surface area contributed by atoms with Gasteiger partial charge in [0, 0.05) is 12.8 Å². The average Bonchev–Trinajstić information content (AvgIpc) is 2.40. The fourth-order valence-electron chi connectivity index (χ4n) is 2.35. The molecule has 18 heavy (non-hydrogen) atoms. The second-order valence-electron chi connectivity index (χ2n) is 5.27. The molecule has 1 saturated heterocycles. The Balaban J connectivity index is 1.89. The lowest BCUT2D eigenvalue weighted by atomic mass is 10.1. The van der Waals surface area contributed by atoms with Gasteiger partial charge in [-0.15, -0.1) is 0 Å². The Labute approximate surface area is 112 Å². The van der Waals surface area contributed by atoms with Crippen LogP contribution < -0.4 is 5.32 Å². The molecule has 0 aromatic rings. The topological polar surface area (TPSA) is 38.3 Å². The number of carbonyl (C=O) groups excluding carboxylic acids is 1. The van der Waals surface area contributed by atoms with Gasteiger partial charge in [-0.1, -0.05) is 32.6 Å². The van der Waals surface area contributed by atoms with E-state index < -0.39 is 0 Å². The van der Waals surface area contributed by atoms with Gasteiger partial charge in [0.2, 0.25) is 0 Å².